The fraction of sp³-hybridized carbons (Fsp3) is 0.522. The molecule has 2 aliphatic rings. The third kappa shape index (κ3) is 3.69. The minimum absolute atomic E-state index is 0.161. The maximum Gasteiger partial charge on any atom is 0.339 e. The van der Waals surface area contributed by atoms with E-state index >= 15 is 0 Å². The first-order valence-corrected chi connectivity index (χ1v) is 11.1. The van der Waals surface area contributed by atoms with Crippen LogP contribution in [0.2, 0.25) is 0 Å². The normalized spacial score (nSPS) is 18.1. The van der Waals surface area contributed by atoms with Gasteiger partial charge in [-0.3, -0.25) is 9.69 Å². The van der Waals surface area contributed by atoms with Crippen LogP contribution in [0.1, 0.15) is 37.8 Å². The van der Waals surface area contributed by atoms with Crippen molar-refractivity contribution in [2.24, 2.45) is 0 Å². The van der Waals surface area contributed by atoms with Crippen molar-refractivity contribution < 1.29 is 14.0 Å². The van der Waals surface area contributed by atoms with Gasteiger partial charge in [0.05, 0.1) is 0 Å². The van der Waals surface area contributed by atoms with E-state index in [0.717, 1.165) is 29.7 Å². The Hall–Kier alpha value is -2.87. The van der Waals surface area contributed by atoms with Crippen LogP contribution in [-0.2, 0) is 11.2 Å². The van der Waals surface area contributed by atoms with Gasteiger partial charge in [0.15, 0.2) is 0 Å². The second kappa shape index (κ2) is 8.34. The summed E-state index contributed by atoms with van der Waals surface area (Å²) >= 11 is 0. The van der Waals surface area contributed by atoms with Crippen molar-refractivity contribution in [3.8, 4) is 0 Å². The molecule has 1 aromatic heterocycles. The molecule has 31 heavy (non-hydrogen) atoms. The quantitative estimate of drug-likeness (QED) is 0.543. The number of nitrogens with one attached hydrogen (secondary N) is 2. The summed E-state index contributed by atoms with van der Waals surface area (Å²) in [7, 11) is 0. The zero-order valence-corrected chi connectivity index (χ0v) is 18.4. The zero-order chi connectivity index (χ0) is 22.2. The molecule has 2 saturated heterocycles. The lowest BCUT2D eigenvalue weighted by Gasteiger charge is -2.31. The van der Waals surface area contributed by atoms with Gasteiger partial charge in [0, 0.05) is 42.3 Å². The van der Waals surface area contributed by atoms with Gasteiger partial charge in [-0.25, -0.2) is 9.59 Å². The molecule has 4 rings (SSSR count). The summed E-state index contributed by atoms with van der Waals surface area (Å²) in [6.45, 7) is 9.36. The number of carbonyl (C=O) groups is 2. The SMILES string of the molecule is CCN(CC)c1ccc2c(C)c(CCN3C(=O)NC4(CCNCC4)C3=O)c(=O)oc2c1. The van der Waals surface area contributed by atoms with Crippen LogP contribution in [0.4, 0.5) is 10.5 Å². The van der Waals surface area contributed by atoms with Crippen molar-refractivity contribution in [1.29, 1.82) is 0 Å². The highest BCUT2D eigenvalue weighted by Gasteiger charge is 2.51. The highest BCUT2D eigenvalue weighted by atomic mass is 16.4. The molecule has 3 heterocycles. The molecule has 0 bridgehead atoms. The maximum atomic E-state index is 13.0. The van der Waals surface area contributed by atoms with Crippen molar-refractivity contribution in [1.82, 2.24) is 15.5 Å². The fourth-order valence-corrected chi connectivity index (χ4v) is 4.75. The molecule has 166 valence electrons. The molecule has 3 amide bonds. The number of nitrogens with zero attached hydrogens (tertiary/aromatic N) is 2. The van der Waals surface area contributed by atoms with Crippen LogP contribution in [0.15, 0.2) is 27.4 Å². The predicted octanol–water partition coefficient (Wildman–Crippen LogP) is 2.16. The number of benzene rings is 1. The number of fused-ring (bicyclic) bond motifs is 1. The largest absolute Gasteiger partial charge is 0.422 e. The van der Waals surface area contributed by atoms with Crippen LogP contribution in [0.25, 0.3) is 11.0 Å². The fourth-order valence-electron chi connectivity index (χ4n) is 4.75. The van der Waals surface area contributed by atoms with Crippen LogP contribution >= 0.6 is 0 Å². The average molecular weight is 427 g/mol. The van der Waals surface area contributed by atoms with Crippen molar-refractivity contribution >= 4 is 28.6 Å². The Morgan fingerprint density at radius 3 is 2.52 bits per heavy atom. The maximum absolute atomic E-state index is 13.0. The minimum atomic E-state index is -0.799. The summed E-state index contributed by atoms with van der Waals surface area (Å²) < 4.78 is 5.64. The van der Waals surface area contributed by atoms with Gasteiger partial charge in [0.2, 0.25) is 0 Å². The van der Waals surface area contributed by atoms with Crippen molar-refractivity contribution in [3.05, 3.63) is 39.7 Å². The van der Waals surface area contributed by atoms with Crippen molar-refractivity contribution in [3.63, 3.8) is 0 Å². The number of anilines is 1. The molecule has 0 saturated carbocycles. The van der Waals surface area contributed by atoms with Gasteiger partial charge in [-0.15, -0.1) is 0 Å². The van der Waals surface area contributed by atoms with E-state index in [0.29, 0.717) is 37.1 Å². The van der Waals surface area contributed by atoms with E-state index in [1.54, 1.807) is 0 Å². The first-order chi connectivity index (χ1) is 14.9. The van der Waals surface area contributed by atoms with E-state index in [9.17, 15) is 14.4 Å². The highest BCUT2D eigenvalue weighted by molar-refractivity contribution is 6.07. The molecule has 2 aromatic rings. The van der Waals surface area contributed by atoms with Crippen molar-refractivity contribution in [2.75, 3.05) is 37.6 Å². The summed E-state index contributed by atoms with van der Waals surface area (Å²) in [5.74, 6) is -0.189. The molecule has 2 fully saturated rings. The van der Waals surface area contributed by atoms with Crippen LogP contribution in [0, 0.1) is 6.92 Å². The lowest BCUT2D eigenvalue weighted by molar-refractivity contribution is -0.132. The number of aryl methyl sites for hydroxylation is 1. The van der Waals surface area contributed by atoms with E-state index in [2.05, 4.69) is 29.4 Å². The molecule has 2 aliphatic heterocycles. The lowest BCUT2D eigenvalue weighted by Crippen LogP contribution is -2.54. The number of amides is 3. The lowest BCUT2D eigenvalue weighted by atomic mass is 9.88. The topological polar surface area (TPSA) is 94.9 Å². The number of hydrogen-bond donors (Lipinski definition) is 2. The zero-order valence-electron chi connectivity index (χ0n) is 18.4. The van der Waals surface area contributed by atoms with E-state index in [4.69, 9.17) is 4.42 Å². The molecule has 1 spiro atoms. The molecule has 0 radical (unpaired) electrons. The smallest absolute Gasteiger partial charge is 0.339 e. The molecule has 0 aliphatic carbocycles. The number of carbonyl (C=O) groups excluding carboxylic acids is 2. The summed E-state index contributed by atoms with van der Waals surface area (Å²) in [5.41, 5.74) is 1.70. The molecular weight excluding hydrogens is 396 g/mol. The van der Waals surface area contributed by atoms with E-state index < -0.39 is 11.2 Å². The van der Waals surface area contributed by atoms with Gasteiger partial charge in [0.25, 0.3) is 5.91 Å². The highest BCUT2D eigenvalue weighted by Crippen LogP contribution is 2.28. The predicted molar refractivity (Wildman–Crippen MR) is 120 cm³/mol. The van der Waals surface area contributed by atoms with Gasteiger partial charge in [-0.05, 0) is 70.8 Å². The van der Waals surface area contributed by atoms with Crippen LogP contribution in [-0.4, -0.2) is 55.1 Å². The van der Waals surface area contributed by atoms with Crippen LogP contribution in [0.5, 0.6) is 0 Å². The Balaban J connectivity index is 1.57. The average Bonchev–Trinajstić information content (AvgIpc) is 2.98. The first kappa shape index (κ1) is 21.4. The molecule has 8 heteroatoms. The Labute approximate surface area is 181 Å². The Kier molecular flexibility index (Phi) is 5.75. The van der Waals surface area contributed by atoms with Gasteiger partial charge in [-0.1, -0.05) is 0 Å². The van der Waals surface area contributed by atoms with Gasteiger partial charge < -0.3 is 20.0 Å². The standard InChI is InChI=1S/C23H30N4O4/c1-4-26(5-2)16-6-7-17-15(3)18(20(28)31-19(17)14-16)8-13-27-21(29)23(25-22(27)30)9-11-24-12-10-23/h6-7,14,24H,4-5,8-13H2,1-3H3,(H,25,30). The van der Waals surface area contributed by atoms with Crippen LogP contribution in [0.3, 0.4) is 0 Å². The molecule has 0 atom stereocenters. The first-order valence-electron chi connectivity index (χ1n) is 11.1. The number of hydrogen-bond acceptors (Lipinski definition) is 6. The summed E-state index contributed by atoms with van der Waals surface area (Å²) in [6.07, 6.45) is 1.44. The second-order valence-electron chi connectivity index (χ2n) is 8.31. The van der Waals surface area contributed by atoms with Crippen LogP contribution < -0.4 is 21.2 Å². The number of urea groups is 1. The third-order valence-electron chi connectivity index (χ3n) is 6.69. The summed E-state index contributed by atoms with van der Waals surface area (Å²) in [5, 5.41) is 6.97. The molecule has 8 nitrogen and oxygen atoms in total. The van der Waals surface area contributed by atoms with E-state index in [1.165, 1.54) is 4.90 Å². The summed E-state index contributed by atoms with van der Waals surface area (Å²) in [6, 6.07) is 5.53. The van der Waals surface area contributed by atoms with Gasteiger partial charge >= 0.3 is 11.7 Å². The molecule has 0 unspecified atom stereocenters. The Bertz CT molecular complexity index is 1070. The van der Waals surface area contributed by atoms with Gasteiger partial charge in [0.1, 0.15) is 11.1 Å². The Morgan fingerprint density at radius 1 is 1.13 bits per heavy atom. The molecular formula is C23H30N4O4. The molecule has 2 N–H and O–H groups in total. The number of imide groups is 1. The Morgan fingerprint density at radius 2 is 1.84 bits per heavy atom. The minimum Gasteiger partial charge on any atom is -0.422 e. The molecule has 1 aromatic carbocycles. The van der Waals surface area contributed by atoms with E-state index in [1.807, 2.05) is 25.1 Å². The number of piperidine rings is 1. The third-order valence-corrected chi connectivity index (χ3v) is 6.69. The second-order valence-corrected chi connectivity index (χ2v) is 8.31. The monoisotopic (exact) mass is 426 g/mol. The number of rotatable bonds is 6. The van der Waals surface area contributed by atoms with Gasteiger partial charge in [-0.2, -0.15) is 0 Å². The summed E-state index contributed by atoms with van der Waals surface area (Å²) in [4.78, 5) is 41.6. The van der Waals surface area contributed by atoms with Crippen molar-refractivity contribution in [2.45, 2.75) is 45.6 Å². The van der Waals surface area contributed by atoms with E-state index in [-0.39, 0.29) is 24.9 Å².